The molecule has 17 heavy (non-hydrogen) atoms. The summed E-state index contributed by atoms with van der Waals surface area (Å²) in [6, 6.07) is 6.43. The second-order valence-electron chi connectivity index (χ2n) is 3.53. The SMILES string of the molecule is Fc1ccc(CCNc2cncc(Cl)n2)cc1. The average molecular weight is 252 g/mol. The highest BCUT2D eigenvalue weighted by atomic mass is 35.5. The summed E-state index contributed by atoms with van der Waals surface area (Å²) in [5.41, 5.74) is 1.06. The molecule has 1 aromatic carbocycles. The molecule has 0 saturated heterocycles. The van der Waals surface area contributed by atoms with Gasteiger partial charge in [-0.2, -0.15) is 0 Å². The van der Waals surface area contributed by atoms with Crippen LogP contribution in [-0.4, -0.2) is 16.5 Å². The zero-order chi connectivity index (χ0) is 12.1. The largest absolute Gasteiger partial charge is 0.368 e. The molecule has 0 aliphatic heterocycles. The van der Waals surface area contributed by atoms with Gasteiger partial charge in [-0.3, -0.25) is 4.98 Å². The van der Waals surface area contributed by atoms with Gasteiger partial charge in [0, 0.05) is 6.54 Å². The number of nitrogens with one attached hydrogen (secondary N) is 1. The van der Waals surface area contributed by atoms with E-state index in [0.29, 0.717) is 17.5 Å². The van der Waals surface area contributed by atoms with E-state index >= 15 is 0 Å². The first-order valence-corrected chi connectivity index (χ1v) is 5.58. The van der Waals surface area contributed by atoms with E-state index in [4.69, 9.17) is 11.6 Å². The lowest BCUT2D eigenvalue weighted by atomic mass is 10.1. The van der Waals surface area contributed by atoms with Gasteiger partial charge in [-0.1, -0.05) is 23.7 Å². The Balaban J connectivity index is 1.85. The lowest BCUT2D eigenvalue weighted by Crippen LogP contribution is -2.06. The van der Waals surface area contributed by atoms with Crippen molar-refractivity contribution in [2.75, 3.05) is 11.9 Å². The van der Waals surface area contributed by atoms with Crippen molar-refractivity contribution in [2.45, 2.75) is 6.42 Å². The summed E-state index contributed by atoms with van der Waals surface area (Å²) in [6.45, 7) is 0.695. The van der Waals surface area contributed by atoms with Crippen LogP contribution in [0.3, 0.4) is 0 Å². The lowest BCUT2D eigenvalue weighted by Gasteiger charge is -2.05. The van der Waals surface area contributed by atoms with Gasteiger partial charge in [0.1, 0.15) is 16.8 Å². The number of anilines is 1. The maximum Gasteiger partial charge on any atom is 0.149 e. The zero-order valence-corrected chi connectivity index (χ0v) is 9.78. The molecular weight excluding hydrogens is 241 g/mol. The van der Waals surface area contributed by atoms with Crippen molar-refractivity contribution in [2.24, 2.45) is 0 Å². The lowest BCUT2D eigenvalue weighted by molar-refractivity contribution is 0.627. The highest BCUT2D eigenvalue weighted by Crippen LogP contribution is 2.07. The minimum atomic E-state index is -0.220. The molecule has 0 saturated carbocycles. The Morgan fingerprint density at radius 1 is 1.18 bits per heavy atom. The molecule has 5 heteroatoms. The fourth-order valence-corrected chi connectivity index (χ4v) is 1.56. The Morgan fingerprint density at radius 3 is 2.65 bits per heavy atom. The zero-order valence-electron chi connectivity index (χ0n) is 9.03. The summed E-state index contributed by atoms with van der Waals surface area (Å²) >= 11 is 5.70. The predicted octanol–water partition coefficient (Wildman–Crippen LogP) is 2.92. The number of aromatic nitrogens is 2. The molecule has 1 aromatic heterocycles. The van der Waals surface area contributed by atoms with Crippen LogP contribution in [0.25, 0.3) is 0 Å². The van der Waals surface area contributed by atoms with Gasteiger partial charge >= 0.3 is 0 Å². The Morgan fingerprint density at radius 2 is 1.94 bits per heavy atom. The molecule has 0 fully saturated rings. The van der Waals surface area contributed by atoms with Crippen LogP contribution in [0, 0.1) is 5.82 Å². The van der Waals surface area contributed by atoms with Crippen LogP contribution in [0.15, 0.2) is 36.7 Å². The molecule has 0 radical (unpaired) electrons. The van der Waals surface area contributed by atoms with E-state index in [-0.39, 0.29) is 5.82 Å². The van der Waals surface area contributed by atoms with Crippen molar-refractivity contribution in [3.63, 3.8) is 0 Å². The molecule has 0 aliphatic carbocycles. The van der Waals surface area contributed by atoms with Crippen LogP contribution in [0.2, 0.25) is 5.15 Å². The van der Waals surface area contributed by atoms with E-state index in [1.807, 2.05) is 0 Å². The summed E-state index contributed by atoms with van der Waals surface area (Å²) in [6.07, 6.45) is 3.87. The number of benzene rings is 1. The highest BCUT2D eigenvalue weighted by Gasteiger charge is 1.97. The summed E-state index contributed by atoms with van der Waals surface area (Å²) in [7, 11) is 0. The van der Waals surface area contributed by atoms with E-state index in [2.05, 4.69) is 15.3 Å². The summed E-state index contributed by atoms with van der Waals surface area (Å²) < 4.78 is 12.7. The normalized spacial score (nSPS) is 10.2. The van der Waals surface area contributed by atoms with Crippen LogP contribution in [0.1, 0.15) is 5.56 Å². The standard InChI is InChI=1S/C12H11ClFN3/c13-11-7-15-8-12(17-11)16-6-5-9-1-3-10(14)4-2-9/h1-4,7-8H,5-6H2,(H,16,17). The molecule has 2 aromatic rings. The molecule has 0 unspecified atom stereocenters. The highest BCUT2D eigenvalue weighted by molar-refractivity contribution is 6.29. The fraction of sp³-hybridized carbons (Fsp3) is 0.167. The Bertz CT molecular complexity index is 487. The Kier molecular flexibility index (Phi) is 3.88. The molecule has 0 bridgehead atoms. The van der Waals surface area contributed by atoms with Crippen LogP contribution in [0.4, 0.5) is 10.2 Å². The molecular formula is C12H11ClFN3. The van der Waals surface area contributed by atoms with Crippen molar-refractivity contribution in [1.29, 1.82) is 0 Å². The van der Waals surface area contributed by atoms with Crippen molar-refractivity contribution in [1.82, 2.24) is 9.97 Å². The molecule has 0 spiro atoms. The minimum absolute atomic E-state index is 0.220. The van der Waals surface area contributed by atoms with Gasteiger partial charge in [0.2, 0.25) is 0 Å². The summed E-state index contributed by atoms with van der Waals surface area (Å²) in [5.74, 6) is 0.419. The van der Waals surface area contributed by atoms with Gasteiger partial charge in [-0.25, -0.2) is 9.37 Å². The van der Waals surface area contributed by atoms with Crippen LogP contribution < -0.4 is 5.32 Å². The fourth-order valence-electron chi connectivity index (χ4n) is 1.41. The van der Waals surface area contributed by atoms with Crippen LogP contribution >= 0.6 is 11.6 Å². The van der Waals surface area contributed by atoms with Crippen molar-refractivity contribution in [3.8, 4) is 0 Å². The van der Waals surface area contributed by atoms with Gasteiger partial charge in [-0.15, -0.1) is 0 Å². The molecule has 2 rings (SSSR count). The van der Waals surface area contributed by atoms with E-state index in [0.717, 1.165) is 12.0 Å². The molecule has 0 atom stereocenters. The smallest absolute Gasteiger partial charge is 0.149 e. The molecule has 3 nitrogen and oxygen atoms in total. The van der Waals surface area contributed by atoms with Crippen LogP contribution in [0.5, 0.6) is 0 Å². The number of hydrogen-bond acceptors (Lipinski definition) is 3. The first-order chi connectivity index (χ1) is 8.24. The molecule has 0 amide bonds. The first-order valence-electron chi connectivity index (χ1n) is 5.20. The number of nitrogens with zero attached hydrogens (tertiary/aromatic N) is 2. The Labute approximate surface area is 104 Å². The molecule has 0 aliphatic rings. The van der Waals surface area contributed by atoms with E-state index in [1.165, 1.54) is 18.3 Å². The quantitative estimate of drug-likeness (QED) is 0.908. The van der Waals surface area contributed by atoms with Crippen molar-refractivity contribution in [3.05, 3.63) is 53.2 Å². The first kappa shape index (κ1) is 11.8. The molecule has 1 heterocycles. The monoisotopic (exact) mass is 251 g/mol. The maximum atomic E-state index is 12.7. The van der Waals surface area contributed by atoms with Crippen molar-refractivity contribution >= 4 is 17.4 Å². The van der Waals surface area contributed by atoms with E-state index in [1.54, 1.807) is 18.3 Å². The average Bonchev–Trinajstić information content (AvgIpc) is 2.32. The third kappa shape index (κ3) is 3.67. The second-order valence-corrected chi connectivity index (χ2v) is 3.92. The van der Waals surface area contributed by atoms with Gasteiger partial charge in [0.05, 0.1) is 12.4 Å². The topological polar surface area (TPSA) is 37.8 Å². The molecule has 1 N–H and O–H groups in total. The maximum absolute atomic E-state index is 12.7. The van der Waals surface area contributed by atoms with E-state index in [9.17, 15) is 4.39 Å². The number of halogens is 2. The van der Waals surface area contributed by atoms with Gasteiger partial charge in [0.25, 0.3) is 0 Å². The summed E-state index contributed by atoms with van der Waals surface area (Å²) in [5, 5.41) is 3.45. The van der Waals surface area contributed by atoms with Gasteiger partial charge in [0.15, 0.2) is 0 Å². The third-order valence-corrected chi connectivity index (χ3v) is 2.42. The Hall–Kier alpha value is -1.68. The summed E-state index contributed by atoms with van der Waals surface area (Å²) in [4.78, 5) is 7.97. The van der Waals surface area contributed by atoms with Crippen LogP contribution in [-0.2, 0) is 6.42 Å². The third-order valence-electron chi connectivity index (χ3n) is 2.24. The van der Waals surface area contributed by atoms with Gasteiger partial charge in [-0.05, 0) is 24.1 Å². The molecule has 88 valence electrons. The van der Waals surface area contributed by atoms with Gasteiger partial charge < -0.3 is 5.32 Å². The van der Waals surface area contributed by atoms with E-state index < -0.39 is 0 Å². The second kappa shape index (κ2) is 5.59. The minimum Gasteiger partial charge on any atom is -0.368 e. The number of hydrogen-bond donors (Lipinski definition) is 1. The van der Waals surface area contributed by atoms with Crippen molar-refractivity contribution < 1.29 is 4.39 Å². The predicted molar refractivity (Wildman–Crippen MR) is 65.6 cm³/mol. The number of rotatable bonds is 4.